The number of aliphatic hydroxyl groups excluding tert-OH is 1. The monoisotopic (exact) mass is 315 g/mol. The van der Waals surface area contributed by atoms with Gasteiger partial charge in [-0.3, -0.25) is 9.59 Å². The number of halogens is 1. The minimum absolute atomic E-state index is 0.0247. The molecule has 1 aromatic rings. The van der Waals surface area contributed by atoms with Gasteiger partial charge in [-0.05, 0) is 18.2 Å². The van der Waals surface area contributed by atoms with Crippen molar-refractivity contribution >= 4 is 40.9 Å². The molecular weight excluding hydrogens is 302 g/mol. The van der Waals surface area contributed by atoms with E-state index in [1.807, 2.05) is 0 Å². The summed E-state index contributed by atoms with van der Waals surface area (Å²) in [4.78, 5) is 25.5. The molecule has 5 nitrogen and oxygen atoms in total. The summed E-state index contributed by atoms with van der Waals surface area (Å²) >= 11 is 7.20. The molecule has 2 amide bonds. The number of aliphatic hydroxyl groups is 1. The van der Waals surface area contributed by atoms with Crippen LogP contribution >= 0.6 is 23.4 Å². The number of benzene rings is 1. The third-order valence-electron chi connectivity index (χ3n) is 2.90. The molecule has 0 aromatic heterocycles. The molecule has 1 N–H and O–H groups in total. The lowest BCUT2D eigenvalue weighted by atomic mass is 10.2. The Kier molecular flexibility index (Phi) is 4.91. The third-order valence-corrected chi connectivity index (χ3v) is 4.32. The smallest absolute Gasteiger partial charge is 0.247 e. The van der Waals surface area contributed by atoms with Gasteiger partial charge in [-0.2, -0.15) is 0 Å². The second-order valence-corrected chi connectivity index (χ2v) is 5.92. The number of carbonyl (C=O) groups excluding carboxylic acids is 2. The normalized spacial score (nSPS) is 18.8. The average molecular weight is 316 g/mol. The minimum atomic E-state index is -0.460. The molecule has 1 aliphatic heterocycles. The van der Waals surface area contributed by atoms with E-state index in [1.165, 1.54) is 24.9 Å². The maximum absolute atomic E-state index is 12.3. The van der Waals surface area contributed by atoms with Crippen LogP contribution in [-0.2, 0) is 9.59 Å². The molecule has 20 heavy (non-hydrogen) atoms. The standard InChI is InChI=1S/C13H14ClNO4S/c1-19-10-3-2-8(14)6-9(10)15-12(17)7-11(13(15)18)20-5-4-16/h2-3,6,11,16H,4-5,7H2,1H3/t11-/m0/s1. The van der Waals surface area contributed by atoms with Crippen molar-refractivity contribution in [3.8, 4) is 5.75 Å². The average Bonchev–Trinajstić information content (AvgIpc) is 2.71. The number of thioether (sulfide) groups is 1. The van der Waals surface area contributed by atoms with Crippen LogP contribution < -0.4 is 9.64 Å². The minimum Gasteiger partial charge on any atom is -0.495 e. The van der Waals surface area contributed by atoms with Gasteiger partial charge in [0.15, 0.2) is 0 Å². The number of nitrogens with zero attached hydrogens (tertiary/aromatic N) is 1. The van der Waals surface area contributed by atoms with E-state index in [-0.39, 0.29) is 24.8 Å². The van der Waals surface area contributed by atoms with Crippen LogP contribution in [0.1, 0.15) is 6.42 Å². The molecule has 0 bridgehead atoms. The van der Waals surface area contributed by atoms with Gasteiger partial charge in [0.25, 0.3) is 0 Å². The third kappa shape index (κ3) is 2.92. The fraction of sp³-hybridized carbons (Fsp3) is 0.385. The first kappa shape index (κ1) is 15.2. The van der Waals surface area contributed by atoms with E-state index in [0.29, 0.717) is 22.2 Å². The predicted molar refractivity (Wildman–Crippen MR) is 78.4 cm³/mol. The van der Waals surface area contributed by atoms with E-state index in [4.69, 9.17) is 21.4 Å². The molecule has 1 fully saturated rings. The Hall–Kier alpha value is -1.24. The van der Waals surface area contributed by atoms with Crippen molar-refractivity contribution in [2.45, 2.75) is 11.7 Å². The molecule has 1 atom stereocenters. The van der Waals surface area contributed by atoms with Crippen molar-refractivity contribution in [3.63, 3.8) is 0 Å². The van der Waals surface area contributed by atoms with Crippen LogP contribution in [0.25, 0.3) is 0 Å². The maximum atomic E-state index is 12.3. The van der Waals surface area contributed by atoms with E-state index in [9.17, 15) is 9.59 Å². The summed E-state index contributed by atoms with van der Waals surface area (Å²) < 4.78 is 5.17. The molecule has 0 unspecified atom stereocenters. The zero-order valence-corrected chi connectivity index (χ0v) is 12.4. The van der Waals surface area contributed by atoms with Gasteiger partial charge in [0.1, 0.15) is 5.75 Å². The summed E-state index contributed by atoms with van der Waals surface area (Å²) in [6, 6.07) is 4.79. The number of rotatable bonds is 5. The van der Waals surface area contributed by atoms with E-state index in [0.717, 1.165) is 4.90 Å². The molecule has 0 saturated carbocycles. The van der Waals surface area contributed by atoms with Crippen molar-refractivity contribution in [1.82, 2.24) is 0 Å². The number of imide groups is 1. The topological polar surface area (TPSA) is 66.8 Å². The van der Waals surface area contributed by atoms with Gasteiger partial charge in [-0.1, -0.05) is 11.6 Å². The summed E-state index contributed by atoms with van der Waals surface area (Å²) in [6.07, 6.45) is 0.124. The second kappa shape index (κ2) is 6.47. The summed E-state index contributed by atoms with van der Waals surface area (Å²) in [7, 11) is 1.47. The zero-order chi connectivity index (χ0) is 14.7. The van der Waals surface area contributed by atoms with Gasteiger partial charge in [0, 0.05) is 17.2 Å². The summed E-state index contributed by atoms with van der Waals surface area (Å²) in [5, 5.41) is 8.78. The fourth-order valence-corrected chi connectivity index (χ4v) is 3.08. The van der Waals surface area contributed by atoms with E-state index < -0.39 is 5.25 Å². The molecule has 1 saturated heterocycles. The number of anilines is 1. The predicted octanol–water partition coefficient (Wildman–Crippen LogP) is 1.71. The van der Waals surface area contributed by atoms with E-state index in [2.05, 4.69) is 0 Å². The molecule has 2 rings (SSSR count). The molecule has 1 aliphatic rings. The van der Waals surface area contributed by atoms with Crippen LogP contribution in [0.5, 0.6) is 5.75 Å². The highest BCUT2D eigenvalue weighted by Gasteiger charge is 2.40. The van der Waals surface area contributed by atoms with Crippen LogP contribution in [0.3, 0.4) is 0 Å². The molecule has 0 aliphatic carbocycles. The lowest BCUT2D eigenvalue weighted by molar-refractivity contribution is -0.121. The summed E-state index contributed by atoms with van der Waals surface area (Å²) in [6.45, 7) is -0.0247. The van der Waals surface area contributed by atoms with E-state index >= 15 is 0 Å². The van der Waals surface area contributed by atoms with Crippen molar-refractivity contribution < 1.29 is 19.4 Å². The summed E-state index contributed by atoms with van der Waals surface area (Å²) in [5.41, 5.74) is 0.363. The van der Waals surface area contributed by atoms with Crippen molar-refractivity contribution in [2.24, 2.45) is 0 Å². The van der Waals surface area contributed by atoms with Gasteiger partial charge in [-0.25, -0.2) is 4.90 Å². The number of carbonyl (C=O) groups is 2. The van der Waals surface area contributed by atoms with Crippen LogP contribution in [0.2, 0.25) is 5.02 Å². The van der Waals surface area contributed by atoms with Gasteiger partial charge < -0.3 is 9.84 Å². The highest BCUT2D eigenvalue weighted by Crippen LogP contribution is 2.36. The van der Waals surface area contributed by atoms with Crippen LogP contribution in [0.15, 0.2) is 18.2 Å². The van der Waals surface area contributed by atoms with Gasteiger partial charge >= 0.3 is 0 Å². The molecule has 1 heterocycles. The zero-order valence-electron chi connectivity index (χ0n) is 10.8. The lowest BCUT2D eigenvalue weighted by Crippen LogP contribution is -2.31. The van der Waals surface area contributed by atoms with Gasteiger partial charge in [0.05, 0.1) is 24.7 Å². The van der Waals surface area contributed by atoms with Crippen LogP contribution in [0, 0.1) is 0 Å². The van der Waals surface area contributed by atoms with Crippen molar-refractivity contribution in [1.29, 1.82) is 0 Å². The molecule has 1 aromatic carbocycles. The Balaban J connectivity index is 2.30. The Morgan fingerprint density at radius 3 is 2.90 bits per heavy atom. The summed E-state index contributed by atoms with van der Waals surface area (Å²) in [5.74, 6) is 0.258. The number of hydrogen-bond acceptors (Lipinski definition) is 5. The number of hydrogen-bond donors (Lipinski definition) is 1. The quantitative estimate of drug-likeness (QED) is 0.838. The number of ether oxygens (including phenoxy) is 1. The molecule has 0 radical (unpaired) electrons. The molecule has 7 heteroatoms. The fourth-order valence-electron chi connectivity index (χ4n) is 2.02. The Morgan fingerprint density at radius 1 is 1.50 bits per heavy atom. The van der Waals surface area contributed by atoms with E-state index in [1.54, 1.807) is 12.1 Å². The Morgan fingerprint density at radius 2 is 2.25 bits per heavy atom. The molecule has 108 valence electrons. The Bertz CT molecular complexity index is 537. The first-order valence-corrected chi connectivity index (χ1v) is 7.44. The maximum Gasteiger partial charge on any atom is 0.247 e. The SMILES string of the molecule is COc1ccc(Cl)cc1N1C(=O)C[C@H](SCCO)C1=O. The molecule has 0 spiro atoms. The first-order valence-electron chi connectivity index (χ1n) is 6.01. The van der Waals surface area contributed by atoms with Gasteiger partial charge in [-0.15, -0.1) is 11.8 Å². The van der Waals surface area contributed by atoms with Crippen molar-refractivity contribution in [3.05, 3.63) is 23.2 Å². The number of methoxy groups -OCH3 is 1. The first-order chi connectivity index (χ1) is 9.58. The molecular formula is C13H14ClNO4S. The number of amides is 2. The highest BCUT2D eigenvalue weighted by molar-refractivity contribution is 8.00. The van der Waals surface area contributed by atoms with Crippen LogP contribution in [-0.4, -0.2) is 41.6 Å². The van der Waals surface area contributed by atoms with Crippen molar-refractivity contribution in [2.75, 3.05) is 24.4 Å². The highest BCUT2D eigenvalue weighted by atomic mass is 35.5. The lowest BCUT2D eigenvalue weighted by Gasteiger charge is -2.18. The van der Waals surface area contributed by atoms with Gasteiger partial charge in [0.2, 0.25) is 11.8 Å². The second-order valence-electron chi connectivity index (χ2n) is 4.17. The van der Waals surface area contributed by atoms with Crippen LogP contribution in [0.4, 0.5) is 5.69 Å². The Labute approximate surface area is 125 Å². The largest absolute Gasteiger partial charge is 0.495 e.